The van der Waals surface area contributed by atoms with E-state index in [-0.39, 0.29) is 12.5 Å². The van der Waals surface area contributed by atoms with Crippen molar-refractivity contribution in [2.75, 3.05) is 6.61 Å². The number of nitrogens with zero attached hydrogens (tertiary/aromatic N) is 2. The molecule has 0 aliphatic heterocycles. The van der Waals surface area contributed by atoms with Crippen molar-refractivity contribution in [3.05, 3.63) is 65.0 Å². The van der Waals surface area contributed by atoms with E-state index in [2.05, 4.69) is 10.2 Å². The van der Waals surface area contributed by atoms with Crippen molar-refractivity contribution in [2.45, 2.75) is 33.8 Å². The van der Waals surface area contributed by atoms with E-state index in [1.165, 1.54) is 0 Å². The third kappa shape index (κ3) is 4.94. The second kappa shape index (κ2) is 8.03. The number of hydrogen-bond acceptors (Lipinski definition) is 6. The maximum Gasteiger partial charge on any atom is 0.344 e. The van der Waals surface area contributed by atoms with Crippen molar-refractivity contribution < 1.29 is 18.7 Å². The maximum absolute atomic E-state index is 12.0. The topological polar surface area (TPSA) is 74.5 Å². The minimum absolute atomic E-state index is 0.188. The Morgan fingerprint density at radius 3 is 2.33 bits per heavy atom. The molecule has 2 aromatic carbocycles. The van der Waals surface area contributed by atoms with Crippen molar-refractivity contribution >= 4 is 5.97 Å². The molecule has 0 aliphatic rings. The molecule has 0 spiro atoms. The summed E-state index contributed by atoms with van der Waals surface area (Å²) in [4.78, 5) is 12.0. The van der Waals surface area contributed by atoms with Gasteiger partial charge in [0, 0.05) is 5.56 Å². The first kappa shape index (κ1) is 18.6. The third-order valence-electron chi connectivity index (χ3n) is 3.95. The number of benzene rings is 2. The molecule has 0 saturated heterocycles. The molecule has 0 N–H and O–H groups in total. The Bertz CT molecular complexity index is 911. The van der Waals surface area contributed by atoms with Gasteiger partial charge in [0.1, 0.15) is 5.75 Å². The van der Waals surface area contributed by atoms with Gasteiger partial charge < -0.3 is 13.9 Å². The van der Waals surface area contributed by atoms with Gasteiger partial charge in [0.2, 0.25) is 5.89 Å². The molecular weight excluding hydrogens is 344 g/mol. The Morgan fingerprint density at radius 2 is 1.67 bits per heavy atom. The molecule has 3 rings (SSSR count). The lowest BCUT2D eigenvalue weighted by molar-refractivity contribution is -0.152. The quantitative estimate of drug-likeness (QED) is 0.604. The van der Waals surface area contributed by atoms with E-state index < -0.39 is 12.1 Å². The van der Waals surface area contributed by atoms with Gasteiger partial charge in [-0.15, -0.1) is 10.2 Å². The average molecular weight is 366 g/mol. The molecule has 6 heteroatoms. The average Bonchev–Trinajstić information content (AvgIpc) is 3.10. The minimum Gasteiger partial charge on any atom is -0.482 e. The van der Waals surface area contributed by atoms with Crippen molar-refractivity contribution in [3.8, 4) is 17.2 Å². The lowest BCUT2D eigenvalue weighted by Gasteiger charge is -2.11. The van der Waals surface area contributed by atoms with Crippen LogP contribution < -0.4 is 4.74 Å². The Kier molecular flexibility index (Phi) is 5.54. The fraction of sp³-hybridized carbons (Fsp3) is 0.286. The summed E-state index contributed by atoms with van der Waals surface area (Å²) in [7, 11) is 0. The van der Waals surface area contributed by atoms with Gasteiger partial charge in [0.15, 0.2) is 12.7 Å². The van der Waals surface area contributed by atoms with Crippen molar-refractivity contribution in [3.63, 3.8) is 0 Å². The van der Waals surface area contributed by atoms with E-state index in [0.29, 0.717) is 11.6 Å². The zero-order chi connectivity index (χ0) is 19.4. The predicted octanol–water partition coefficient (Wildman–Crippen LogP) is 4.35. The summed E-state index contributed by atoms with van der Waals surface area (Å²) in [6.07, 6.45) is -0.660. The standard InChI is InChI=1S/C21H22N2O4/c1-13-5-7-17(8-6-13)21-23-22-20(27-21)16(4)26-19(24)12-25-18-10-14(2)9-15(3)11-18/h5-11,16H,12H2,1-4H3/t16-/m1/s1. The Balaban J connectivity index is 1.57. The molecule has 0 radical (unpaired) electrons. The molecule has 0 amide bonds. The van der Waals surface area contributed by atoms with Crippen LogP contribution in [0.15, 0.2) is 46.9 Å². The lowest BCUT2D eigenvalue weighted by Crippen LogP contribution is -2.17. The lowest BCUT2D eigenvalue weighted by atomic mass is 10.1. The Hall–Kier alpha value is -3.15. The molecular formula is C21H22N2O4. The summed E-state index contributed by atoms with van der Waals surface area (Å²) in [6, 6.07) is 13.5. The van der Waals surface area contributed by atoms with Gasteiger partial charge >= 0.3 is 5.97 Å². The third-order valence-corrected chi connectivity index (χ3v) is 3.95. The Labute approximate surface area is 158 Å². The molecule has 3 aromatic rings. The van der Waals surface area contributed by atoms with Gasteiger partial charge in [-0.3, -0.25) is 0 Å². The molecule has 0 bridgehead atoms. The highest BCUT2D eigenvalue weighted by molar-refractivity contribution is 5.71. The summed E-state index contributed by atoms with van der Waals surface area (Å²) in [5.41, 5.74) is 4.10. The first-order chi connectivity index (χ1) is 12.9. The van der Waals surface area contributed by atoms with Gasteiger partial charge in [-0.1, -0.05) is 23.8 Å². The molecule has 1 aromatic heterocycles. The summed E-state index contributed by atoms with van der Waals surface area (Å²) in [5.74, 6) is 0.762. The summed E-state index contributed by atoms with van der Waals surface area (Å²) in [5, 5.41) is 7.99. The van der Waals surface area contributed by atoms with E-state index >= 15 is 0 Å². The SMILES string of the molecule is Cc1ccc(-c2nnc([C@@H](C)OC(=O)COc3cc(C)cc(C)c3)o2)cc1. The number of carbonyl (C=O) groups is 1. The van der Waals surface area contributed by atoms with Crippen LogP contribution >= 0.6 is 0 Å². The van der Waals surface area contributed by atoms with Crippen LogP contribution in [0.3, 0.4) is 0 Å². The molecule has 0 saturated carbocycles. The van der Waals surface area contributed by atoms with Crippen molar-refractivity contribution in [2.24, 2.45) is 0 Å². The highest BCUT2D eigenvalue weighted by Crippen LogP contribution is 2.23. The molecule has 0 unspecified atom stereocenters. The van der Waals surface area contributed by atoms with E-state index in [4.69, 9.17) is 13.9 Å². The first-order valence-electron chi connectivity index (χ1n) is 8.72. The highest BCUT2D eigenvalue weighted by atomic mass is 16.6. The molecule has 1 atom stereocenters. The van der Waals surface area contributed by atoms with Crippen LogP contribution in [0, 0.1) is 20.8 Å². The molecule has 140 valence electrons. The van der Waals surface area contributed by atoms with Gasteiger partial charge in [-0.2, -0.15) is 0 Å². The molecule has 1 heterocycles. The van der Waals surface area contributed by atoms with E-state index in [9.17, 15) is 4.79 Å². The summed E-state index contributed by atoms with van der Waals surface area (Å²) in [6.45, 7) is 7.45. The van der Waals surface area contributed by atoms with Crippen LogP contribution in [-0.4, -0.2) is 22.8 Å². The number of aryl methyl sites for hydroxylation is 3. The number of rotatable bonds is 6. The van der Waals surface area contributed by atoms with Gasteiger partial charge in [0.05, 0.1) is 0 Å². The first-order valence-corrected chi connectivity index (χ1v) is 8.72. The van der Waals surface area contributed by atoms with Crippen molar-refractivity contribution in [1.29, 1.82) is 0 Å². The van der Waals surface area contributed by atoms with Crippen LogP contribution in [0.5, 0.6) is 5.75 Å². The second-order valence-corrected chi connectivity index (χ2v) is 6.56. The maximum atomic E-state index is 12.0. The summed E-state index contributed by atoms with van der Waals surface area (Å²) >= 11 is 0. The van der Waals surface area contributed by atoms with E-state index in [0.717, 1.165) is 22.3 Å². The van der Waals surface area contributed by atoms with E-state index in [1.54, 1.807) is 6.92 Å². The van der Waals surface area contributed by atoms with Gasteiger partial charge in [-0.25, -0.2) is 4.79 Å². The number of esters is 1. The zero-order valence-electron chi connectivity index (χ0n) is 15.9. The number of carbonyl (C=O) groups excluding carboxylic acids is 1. The van der Waals surface area contributed by atoms with Crippen LogP contribution in [-0.2, 0) is 9.53 Å². The number of hydrogen-bond donors (Lipinski definition) is 0. The number of aromatic nitrogens is 2. The zero-order valence-corrected chi connectivity index (χ0v) is 15.9. The summed E-state index contributed by atoms with van der Waals surface area (Å²) < 4.78 is 16.5. The minimum atomic E-state index is -0.660. The monoisotopic (exact) mass is 366 g/mol. The Morgan fingerprint density at radius 1 is 1.00 bits per heavy atom. The van der Waals surface area contributed by atoms with Crippen molar-refractivity contribution in [1.82, 2.24) is 10.2 Å². The molecule has 27 heavy (non-hydrogen) atoms. The van der Waals surface area contributed by atoms with E-state index in [1.807, 2.05) is 63.2 Å². The molecule has 0 aliphatic carbocycles. The number of ether oxygens (including phenoxy) is 2. The molecule has 0 fully saturated rings. The van der Waals surface area contributed by atoms with Crippen LogP contribution in [0.25, 0.3) is 11.5 Å². The second-order valence-electron chi connectivity index (χ2n) is 6.56. The predicted molar refractivity (Wildman–Crippen MR) is 100 cm³/mol. The van der Waals surface area contributed by atoms with Crippen LogP contribution in [0.4, 0.5) is 0 Å². The smallest absolute Gasteiger partial charge is 0.344 e. The normalized spacial score (nSPS) is 11.9. The fourth-order valence-corrected chi connectivity index (χ4v) is 2.65. The van der Waals surface area contributed by atoms with Gasteiger partial charge in [-0.05, 0) is 63.1 Å². The fourth-order valence-electron chi connectivity index (χ4n) is 2.65. The van der Waals surface area contributed by atoms with Crippen LogP contribution in [0.2, 0.25) is 0 Å². The largest absolute Gasteiger partial charge is 0.482 e. The van der Waals surface area contributed by atoms with Crippen LogP contribution in [0.1, 0.15) is 35.6 Å². The molecule has 6 nitrogen and oxygen atoms in total. The van der Waals surface area contributed by atoms with Gasteiger partial charge in [0.25, 0.3) is 5.89 Å². The highest BCUT2D eigenvalue weighted by Gasteiger charge is 2.19.